The average molecular weight is 424 g/mol. The Hall–Kier alpha value is -3.30. The van der Waals surface area contributed by atoms with Crippen LogP contribution in [-0.4, -0.2) is 42.6 Å². The maximum atomic E-state index is 12.7. The van der Waals surface area contributed by atoms with Crippen molar-refractivity contribution in [1.82, 2.24) is 20.1 Å². The second-order valence-electron chi connectivity index (χ2n) is 6.94. The molecular weight excluding hydrogens is 404 g/mol. The molecule has 1 saturated heterocycles. The van der Waals surface area contributed by atoms with Gasteiger partial charge in [0.2, 0.25) is 10.0 Å². The van der Waals surface area contributed by atoms with E-state index in [4.69, 9.17) is 0 Å². The minimum atomic E-state index is -3.63. The fourth-order valence-electron chi connectivity index (χ4n) is 3.32. The lowest BCUT2D eigenvalue weighted by Gasteiger charge is -2.16. The first-order valence-electron chi connectivity index (χ1n) is 9.52. The first kappa shape index (κ1) is 20.0. The number of carbonyl (C=O) groups is 2. The highest BCUT2D eigenvalue weighted by Gasteiger charge is 2.27. The molecule has 1 aliphatic rings. The number of rotatable bonds is 4. The number of sulfonamides is 1. The number of benzene rings is 2. The van der Waals surface area contributed by atoms with Crippen molar-refractivity contribution in [3.05, 3.63) is 71.9 Å². The molecule has 2 aromatic carbocycles. The van der Waals surface area contributed by atoms with Gasteiger partial charge < -0.3 is 0 Å². The van der Waals surface area contributed by atoms with E-state index in [0.29, 0.717) is 18.6 Å². The fraction of sp³-hybridized carbons (Fsp3) is 0.190. The average Bonchev–Trinajstić information content (AvgIpc) is 3.33. The minimum absolute atomic E-state index is 0.0552. The minimum Gasteiger partial charge on any atom is -0.267 e. The molecule has 0 spiro atoms. The summed E-state index contributed by atoms with van der Waals surface area (Å²) in [6, 6.07) is 16.5. The van der Waals surface area contributed by atoms with Crippen LogP contribution >= 0.6 is 0 Å². The van der Waals surface area contributed by atoms with Gasteiger partial charge in [-0.15, -0.1) is 0 Å². The summed E-state index contributed by atoms with van der Waals surface area (Å²) in [6.45, 7) is 0.959. The highest BCUT2D eigenvalue weighted by molar-refractivity contribution is 7.89. The molecule has 0 saturated carbocycles. The van der Waals surface area contributed by atoms with Crippen LogP contribution in [0.1, 0.15) is 33.7 Å². The van der Waals surface area contributed by atoms with Crippen LogP contribution in [0, 0.1) is 0 Å². The Bertz CT molecular complexity index is 1220. The van der Waals surface area contributed by atoms with Gasteiger partial charge in [0.1, 0.15) is 5.69 Å². The number of fused-ring (bicyclic) bond motifs is 1. The number of amides is 2. The van der Waals surface area contributed by atoms with Crippen molar-refractivity contribution in [3.63, 3.8) is 0 Å². The van der Waals surface area contributed by atoms with Crippen molar-refractivity contribution in [2.75, 3.05) is 13.1 Å². The number of nitrogens with one attached hydrogen (secondary N) is 2. The molecule has 1 fully saturated rings. The SMILES string of the molecule is O=C(NNC(=O)c1ccc2ccccc2n1)c1cccc(S(=O)(=O)N2CCCC2)c1. The molecule has 4 rings (SSSR count). The molecule has 1 aliphatic heterocycles. The predicted octanol–water partition coefficient (Wildman–Crippen LogP) is 2.09. The van der Waals surface area contributed by atoms with Gasteiger partial charge in [-0.05, 0) is 43.2 Å². The van der Waals surface area contributed by atoms with E-state index in [1.807, 2.05) is 18.2 Å². The number of carbonyl (C=O) groups excluding carboxylic acids is 2. The zero-order valence-corrected chi connectivity index (χ0v) is 16.9. The van der Waals surface area contributed by atoms with Crippen LogP contribution in [0.3, 0.4) is 0 Å². The van der Waals surface area contributed by atoms with Crippen LogP contribution in [0.25, 0.3) is 10.9 Å². The van der Waals surface area contributed by atoms with Crippen LogP contribution in [0.4, 0.5) is 0 Å². The summed E-state index contributed by atoms with van der Waals surface area (Å²) in [4.78, 5) is 29.1. The molecule has 154 valence electrons. The second kappa shape index (κ2) is 8.21. The van der Waals surface area contributed by atoms with E-state index in [1.54, 1.807) is 18.2 Å². The van der Waals surface area contributed by atoms with Gasteiger partial charge in [0.15, 0.2) is 0 Å². The van der Waals surface area contributed by atoms with Gasteiger partial charge in [0.05, 0.1) is 10.4 Å². The third-order valence-corrected chi connectivity index (χ3v) is 6.81. The Morgan fingerprint density at radius 1 is 0.867 bits per heavy atom. The summed E-state index contributed by atoms with van der Waals surface area (Å²) in [7, 11) is -3.63. The van der Waals surface area contributed by atoms with Crippen LogP contribution in [0.15, 0.2) is 65.6 Å². The van der Waals surface area contributed by atoms with Gasteiger partial charge in [0, 0.05) is 24.0 Å². The molecule has 1 aromatic heterocycles. The Labute approximate surface area is 173 Å². The maximum absolute atomic E-state index is 12.7. The summed E-state index contributed by atoms with van der Waals surface area (Å²) >= 11 is 0. The van der Waals surface area contributed by atoms with Gasteiger partial charge in [-0.1, -0.05) is 30.3 Å². The first-order chi connectivity index (χ1) is 14.4. The number of para-hydroxylation sites is 1. The highest BCUT2D eigenvalue weighted by Crippen LogP contribution is 2.21. The number of hydrogen-bond acceptors (Lipinski definition) is 5. The molecule has 0 aliphatic carbocycles. The standard InChI is InChI=1S/C21H20N4O4S/c26-20(16-7-5-8-17(14-16)30(28,29)25-12-3-4-13-25)23-24-21(27)19-11-10-15-6-1-2-9-18(15)22-19/h1-2,5-11,14H,3-4,12-13H2,(H,23,26)(H,24,27). The summed E-state index contributed by atoms with van der Waals surface area (Å²) in [6.07, 6.45) is 1.66. The quantitative estimate of drug-likeness (QED) is 0.624. The lowest BCUT2D eigenvalue weighted by atomic mass is 10.2. The number of hydrazine groups is 1. The number of hydrogen-bond donors (Lipinski definition) is 2. The molecule has 0 radical (unpaired) electrons. The number of pyridine rings is 1. The molecule has 8 nitrogen and oxygen atoms in total. The van der Waals surface area contributed by atoms with Crippen molar-refractivity contribution < 1.29 is 18.0 Å². The summed E-state index contributed by atoms with van der Waals surface area (Å²) < 4.78 is 26.8. The molecule has 0 unspecified atom stereocenters. The summed E-state index contributed by atoms with van der Waals surface area (Å²) in [5.74, 6) is -1.20. The van der Waals surface area contributed by atoms with Crippen LogP contribution in [-0.2, 0) is 10.0 Å². The molecule has 2 amide bonds. The zero-order valence-electron chi connectivity index (χ0n) is 16.0. The predicted molar refractivity (Wildman–Crippen MR) is 111 cm³/mol. The normalized spacial score (nSPS) is 14.5. The molecule has 2 N–H and O–H groups in total. The Morgan fingerprint density at radius 2 is 1.60 bits per heavy atom. The number of nitrogens with zero attached hydrogens (tertiary/aromatic N) is 2. The van der Waals surface area contributed by atoms with Gasteiger partial charge in [-0.3, -0.25) is 20.4 Å². The Balaban J connectivity index is 1.45. The van der Waals surface area contributed by atoms with Crippen LogP contribution in [0.2, 0.25) is 0 Å². The first-order valence-corrected chi connectivity index (χ1v) is 11.0. The van der Waals surface area contributed by atoms with Gasteiger partial charge in [-0.25, -0.2) is 13.4 Å². The van der Waals surface area contributed by atoms with Gasteiger partial charge in [0.25, 0.3) is 11.8 Å². The van der Waals surface area contributed by atoms with Crippen LogP contribution < -0.4 is 10.9 Å². The molecule has 3 aromatic rings. The van der Waals surface area contributed by atoms with Crippen molar-refractivity contribution in [1.29, 1.82) is 0 Å². The number of aromatic nitrogens is 1. The summed E-state index contributed by atoms with van der Waals surface area (Å²) in [5, 5.41) is 0.897. The zero-order chi connectivity index (χ0) is 21.1. The van der Waals surface area contributed by atoms with E-state index in [9.17, 15) is 18.0 Å². The lowest BCUT2D eigenvalue weighted by Crippen LogP contribution is -2.42. The third-order valence-electron chi connectivity index (χ3n) is 4.92. The Kier molecular flexibility index (Phi) is 5.47. The smallest absolute Gasteiger partial charge is 0.267 e. The monoisotopic (exact) mass is 424 g/mol. The highest BCUT2D eigenvalue weighted by atomic mass is 32.2. The van der Waals surface area contributed by atoms with E-state index in [-0.39, 0.29) is 16.2 Å². The summed E-state index contributed by atoms with van der Waals surface area (Å²) in [5.41, 5.74) is 5.56. The van der Waals surface area contributed by atoms with Crippen molar-refractivity contribution >= 4 is 32.7 Å². The third kappa shape index (κ3) is 4.03. The molecule has 30 heavy (non-hydrogen) atoms. The molecule has 9 heteroatoms. The second-order valence-corrected chi connectivity index (χ2v) is 8.87. The molecule has 0 bridgehead atoms. The fourth-order valence-corrected chi connectivity index (χ4v) is 4.88. The Morgan fingerprint density at radius 3 is 2.40 bits per heavy atom. The van der Waals surface area contributed by atoms with Gasteiger partial charge >= 0.3 is 0 Å². The van der Waals surface area contributed by atoms with E-state index in [1.165, 1.54) is 28.6 Å². The van der Waals surface area contributed by atoms with Crippen LogP contribution in [0.5, 0.6) is 0 Å². The van der Waals surface area contributed by atoms with E-state index in [0.717, 1.165) is 18.2 Å². The van der Waals surface area contributed by atoms with Crippen molar-refractivity contribution in [3.8, 4) is 0 Å². The van der Waals surface area contributed by atoms with E-state index < -0.39 is 21.8 Å². The van der Waals surface area contributed by atoms with E-state index >= 15 is 0 Å². The van der Waals surface area contributed by atoms with Crippen molar-refractivity contribution in [2.24, 2.45) is 0 Å². The van der Waals surface area contributed by atoms with Gasteiger partial charge in [-0.2, -0.15) is 4.31 Å². The van der Waals surface area contributed by atoms with Crippen molar-refractivity contribution in [2.45, 2.75) is 17.7 Å². The topological polar surface area (TPSA) is 108 Å². The molecule has 0 atom stereocenters. The molecular formula is C21H20N4O4S. The lowest BCUT2D eigenvalue weighted by molar-refractivity contribution is 0.0844. The largest absolute Gasteiger partial charge is 0.288 e. The van der Waals surface area contributed by atoms with E-state index in [2.05, 4.69) is 15.8 Å². The maximum Gasteiger partial charge on any atom is 0.288 e. The molecule has 2 heterocycles.